The average molecular weight is 718 g/mol. The Morgan fingerprint density at radius 2 is 1.43 bits per heavy atom. The predicted molar refractivity (Wildman–Crippen MR) is 203 cm³/mol. The molecule has 0 spiro atoms. The summed E-state index contributed by atoms with van der Waals surface area (Å²) in [5.41, 5.74) is 4.14. The van der Waals surface area contributed by atoms with Crippen molar-refractivity contribution in [2.24, 2.45) is 0 Å². The molecule has 0 fully saturated rings. The molecule has 2 aromatic carbocycles. The first-order chi connectivity index (χ1) is 25.7. The summed E-state index contributed by atoms with van der Waals surface area (Å²) in [6.07, 6.45) is 3.87. The van der Waals surface area contributed by atoms with Gasteiger partial charge in [-0.2, -0.15) is 0 Å². The maximum Gasteiger partial charge on any atom is 0.331 e. The number of rotatable bonds is 9. The van der Waals surface area contributed by atoms with Crippen LogP contribution in [0.4, 0.5) is 0 Å². The molecule has 3 unspecified atom stereocenters. The lowest BCUT2D eigenvalue weighted by atomic mass is 9.84. The Morgan fingerprint density at radius 1 is 0.755 bits per heavy atom. The summed E-state index contributed by atoms with van der Waals surface area (Å²) in [5, 5.41) is 31.9. The lowest BCUT2D eigenvalue weighted by Gasteiger charge is -2.31. The van der Waals surface area contributed by atoms with Crippen molar-refractivity contribution in [1.82, 2.24) is 35.1 Å². The van der Waals surface area contributed by atoms with Gasteiger partial charge in [0.1, 0.15) is 11.3 Å². The number of aromatic hydroxyl groups is 2. The number of nitrogens with zero attached hydrogens (tertiary/aromatic N) is 1. The molecular formula is C40H43N7O6. The van der Waals surface area contributed by atoms with E-state index in [-0.39, 0.29) is 35.2 Å². The van der Waals surface area contributed by atoms with E-state index in [1.165, 1.54) is 4.57 Å². The molecule has 2 aliphatic rings. The zero-order valence-corrected chi connectivity index (χ0v) is 29.7. The van der Waals surface area contributed by atoms with Crippen molar-refractivity contribution in [1.29, 1.82) is 0 Å². The van der Waals surface area contributed by atoms with E-state index in [2.05, 4.69) is 30.6 Å². The molecule has 0 amide bonds. The fraction of sp³-hybridized carbons (Fsp3) is 0.350. The molecular weight excluding hydrogens is 674 g/mol. The van der Waals surface area contributed by atoms with Crippen LogP contribution in [0, 0.1) is 6.92 Å². The van der Waals surface area contributed by atoms with Gasteiger partial charge in [0.05, 0.1) is 17.6 Å². The normalized spacial score (nSPS) is 18.3. The van der Waals surface area contributed by atoms with Gasteiger partial charge in [-0.25, -0.2) is 4.79 Å². The van der Waals surface area contributed by atoms with Gasteiger partial charge in [-0.15, -0.1) is 0 Å². The van der Waals surface area contributed by atoms with Crippen molar-refractivity contribution in [3.8, 4) is 11.6 Å². The van der Waals surface area contributed by atoms with Gasteiger partial charge in [-0.3, -0.25) is 28.9 Å². The van der Waals surface area contributed by atoms with Crippen molar-refractivity contribution < 1.29 is 10.2 Å². The zero-order chi connectivity index (χ0) is 37.0. The fourth-order valence-electron chi connectivity index (χ4n) is 8.61. The molecule has 0 bridgehead atoms. The topological polar surface area (TPSA) is 201 Å². The molecule has 2 aliphatic heterocycles. The van der Waals surface area contributed by atoms with E-state index in [0.29, 0.717) is 49.9 Å². The molecule has 13 heteroatoms. The lowest BCUT2D eigenvalue weighted by molar-refractivity contribution is 0.373. The number of nitrogens with one attached hydrogen (secondary N) is 6. The minimum absolute atomic E-state index is 0.0198. The summed E-state index contributed by atoms with van der Waals surface area (Å²) in [7, 11) is 0. The third-order valence-corrected chi connectivity index (χ3v) is 11.2. The molecule has 0 saturated heterocycles. The molecule has 6 heterocycles. The second-order valence-corrected chi connectivity index (χ2v) is 14.3. The Hall–Kier alpha value is -5.66. The number of hydrogen-bond acceptors (Lipinski definition) is 8. The summed E-state index contributed by atoms with van der Waals surface area (Å²) in [6.45, 7) is 4.89. The molecule has 6 aromatic rings. The molecule has 0 saturated carbocycles. The van der Waals surface area contributed by atoms with E-state index in [9.17, 15) is 29.4 Å². The van der Waals surface area contributed by atoms with E-state index in [1.807, 2.05) is 55.5 Å². The van der Waals surface area contributed by atoms with Gasteiger partial charge in [0.15, 0.2) is 0 Å². The highest BCUT2D eigenvalue weighted by Gasteiger charge is 2.35. The monoisotopic (exact) mass is 717 g/mol. The third kappa shape index (κ3) is 5.80. The number of fused-ring (bicyclic) bond motifs is 6. The van der Waals surface area contributed by atoms with Gasteiger partial charge >= 0.3 is 5.69 Å². The van der Waals surface area contributed by atoms with Gasteiger partial charge in [-0.05, 0) is 61.8 Å². The van der Waals surface area contributed by atoms with Gasteiger partial charge in [-0.1, -0.05) is 56.2 Å². The molecule has 274 valence electrons. The van der Waals surface area contributed by atoms with Gasteiger partial charge in [0, 0.05) is 64.0 Å². The van der Waals surface area contributed by atoms with Crippen LogP contribution in [0.2, 0.25) is 0 Å². The van der Waals surface area contributed by atoms with Crippen molar-refractivity contribution in [2.45, 2.75) is 76.9 Å². The van der Waals surface area contributed by atoms with Crippen molar-refractivity contribution in [2.75, 3.05) is 13.1 Å². The van der Waals surface area contributed by atoms with Crippen LogP contribution in [0.15, 0.2) is 67.7 Å². The molecule has 0 radical (unpaired) electrons. The maximum absolute atomic E-state index is 13.5. The second-order valence-electron chi connectivity index (χ2n) is 14.3. The minimum Gasteiger partial charge on any atom is -0.507 e. The van der Waals surface area contributed by atoms with Crippen LogP contribution in [0.25, 0.3) is 21.8 Å². The highest BCUT2D eigenvalue weighted by molar-refractivity contribution is 5.86. The largest absolute Gasteiger partial charge is 0.507 e. The van der Waals surface area contributed by atoms with Crippen molar-refractivity contribution >= 4 is 21.8 Å². The molecule has 8 N–H and O–H groups in total. The second kappa shape index (κ2) is 13.7. The van der Waals surface area contributed by atoms with E-state index >= 15 is 0 Å². The molecule has 13 nitrogen and oxygen atoms in total. The van der Waals surface area contributed by atoms with E-state index in [4.69, 9.17) is 0 Å². The summed E-state index contributed by atoms with van der Waals surface area (Å²) < 4.78 is 1.24. The first kappa shape index (κ1) is 34.4. The highest BCUT2D eigenvalue weighted by atomic mass is 16.3. The standard InChI is InChI=1S/C40H43N7O6/c1-3-10-22-20(2)36(49)45-37(50)29(35(22)48)32-34-28(25-13-5-7-15-27(25)44-34)21(19-42-32)11-8-9-18-47-39(52)30(38(51)46-40(47)53)33-31-24(16-17-41-33)23-12-4-6-14-26(23)43-31/h4-7,12-15,21,32-33,41-44,48,52H,3,8-11,16-19H2,1-2H3,(H,45,49,50)(H,46,51,53). The van der Waals surface area contributed by atoms with Crippen LogP contribution in [0.1, 0.15) is 95.4 Å². The average Bonchev–Trinajstić information content (AvgIpc) is 3.71. The number of H-pyrrole nitrogens is 4. The van der Waals surface area contributed by atoms with Crippen LogP contribution in [-0.4, -0.2) is 47.8 Å². The highest BCUT2D eigenvalue weighted by Crippen LogP contribution is 2.42. The first-order valence-corrected chi connectivity index (χ1v) is 18.4. The summed E-state index contributed by atoms with van der Waals surface area (Å²) in [5.74, 6) is -0.488. The maximum atomic E-state index is 13.5. The van der Waals surface area contributed by atoms with Crippen LogP contribution in [-0.2, 0) is 19.4 Å². The molecule has 3 atom stereocenters. The summed E-state index contributed by atoms with van der Waals surface area (Å²) >= 11 is 0. The molecule has 4 aromatic heterocycles. The Balaban J connectivity index is 1.07. The van der Waals surface area contributed by atoms with Crippen LogP contribution < -0.4 is 33.0 Å². The predicted octanol–water partition coefficient (Wildman–Crippen LogP) is 4.10. The van der Waals surface area contributed by atoms with E-state index in [0.717, 1.165) is 57.2 Å². The molecule has 53 heavy (non-hydrogen) atoms. The van der Waals surface area contributed by atoms with E-state index in [1.54, 1.807) is 6.92 Å². The van der Waals surface area contributed by atoms with Gasteiger partial charge in [0.25, 0.3) is 16.7 Å². The quantitative estimate of drug-likeness (QED) is 0.102. The van der Waals surface area contributed by atoms with Gasteiger partial charge < -0.3 is 30.8 Å². The Bertz CT molecular complexity index is 2630. The first-order valence-electron chi connectivity index (χ1n) is 18.4. The SMILES string of the molecule is CCCc1c(O)c(C2NCC(CCCCn3c(O)c(C4NCCc5c4[nH]c4ccccc54)c(=O)[nH]c3=O)c3c2[nH]c2ccccc32)c(=O)[nH]c(=O)c1C. The Morgan fingerprint density at radius 3 is 2.21 bits per heavy atom. The van der Waals surface area contributed by atoms with E-state index < -0.39 is 34.5 Å². The minimum atomic E-state index is -0.680. The molecule has 0 aliphatic carbocycles. The Kier molecular flexibility index (Phi) is 8.91. The smallest absolute Gasteiger partial charge is 0.331 e. The third-order valence-electron chi connectivity index (χ3n) is 11.2. The fourth-order valence-corrected chi connectivity index (χ4v) is 8.61. The number of para-hydroxylation sites is 2. The lowest BCUT2D eigenvalue weighted by Crippen LogP contribution is -2.39. The van der Waals surface area contributed by atoms with Crippen LogP contribution >= 0.6 is 0 Å². The number of unbranched alkanes of at least 4 members (excludes halogenated alkanes) is 1. The zero-order valence-electron chi connectivity index (χ0n) is 29.7. The van der Waals surface area contributed by atoms with Crippen molar-refractivity contribution in [3.05, 3.63) is 135 Å². The van der Waals surface area contributed by atoms with Gasteiger partial charge in [0.2, 0.25) is 5.88 Å². The number of aromatic nitrogens is 5. The summed E-state index contributed by atoms with van der Waals surface area (Å²) in [4.78, 5) is 64.3. The van der Waals surface area contributed by atoms with Crippen LogP contribution in [0.5, 0.6) is 11.6 Å². The van der Waals surface area contributed by atoms with Crippen LogP contribution in [0.3, 0.4) is 0 Å². The molecule has 8 rings (SSSR count). The summed E-state index contributed by atoms with van der Waals surface area (Å²) in [6, 6.07) is 14.6. The number of aromatic amines is 4. The Labute approximate surface area is 303 Å². The van der Waals surface area contributed by atoms with Crippen molar-refractivity contribution in [3.63, 3.8) is 0 Å². The number of hydrogen-bond donors (Lipinski definition) is 8. The number of benzene rings is 2.